The molecule has 0 aromatic rings. The van der Waals surface area contributed by atoms with Crippen molar-refractivity contribution in [2.75, 3.05) is 19.6 Å². The predicted octanol–water partition coefficient (Wildman–Crippen LogP) is 2.85. The Kier molecular flexibility index (Phi) is 6.78. The van der Waals surface area contributed by atoms with Crippen LogP contribution in [-0.4, -0.2) is 24.5 Å². The van der Waals surface area contributed by atoms with Gasteiger partial charge in [-0.3, -0.25) is 4.90 Å². The highest BCUT2D eigenvalue weighted by Gasteiger charge is 2.10. The van der Waals surface area contributed by atoms with Gasteiger partial charge in [-0.05, 0) is 26.4 Å². The van der Waals surface area contributed by atoms with Gasteiger partial charge in [-0.2, -0.15) is 0 Å². The molecule has 1 fully saturated rings. The quantitative estimate of drug-likeness (QED) is 0.584. The molecule has 1 rings (SSSR count). The smallest absolute Gasteiger partial charge is 0.0166 e. The SMILES string of the molecule is C=C(C)/C=C/CN1CCC1.CC. The zero-order chi connectivity index (χ0) is 9.40. The Morgan fingerprint density at radius 1 is 1.42 bits per heavy atom. The first kappa shape index (κ1) is 11.4. The molecule has 0 N–H and O–H groups in total. The predicted molar refractivity (Wildman–Crippen MR) is 56.4 cm³/mol. The minimum atomic E-state index is 1.10. The van der Waals surface area contributed by atoms with E-state index in [1.54, 1.807) is 0 Å². The van der Waals surface area contributed by atoms with Gasteiger partial charge in [0, 0.05) is 6.54 Å². The normalized spacial score (nSPS) is 16.6. The van der Waals surface area contributed by atoms with Crippen LogP contribution < -0.4 is 0 Å². The minimum Gasteiger partial charge on any atom is -0.300 e. The van der Waals surface area contributed by atoms with E-state index in [4.69, 9.17) is 0 Å². The molecule has 0 aliphatic carbocycles. The van der Waals surface area contributed by atoms with E-state index < -0.39 is 0 Å². The van der Waals surface area contributed by atoms with Crippen LogP contribution in [0.3, 0.4) is 0 Å². The molecule has 0 aromatic carbocycles. The van der Waals surface area contributed by atoms with Gasteiger partial charge >= 0.3 is 0 Å². The third kappa shape index (κ3) is 5.14. The van der Waals surface area contributed by atoms with Crippen LogP contribution in [0.4, 0.5) is 0 Å². The lowest BCUT2D eigenvalue weighted by atomic mass is 10.2. The molecule has 1 nitrogen and oxygen atoms in total. The summed E-state index contributed by atoms with van der Waals surface area (Å²) in [6.45, 7) is 13.5. The molecule has 70 valence electrons. The van der Waals surface area contributed by atoms with Crippen molar-refractivity contribution in [2.24, 2.45) is 0 Å². The third-order valence-electron chi connectivity index (χ3n) is 1.71. The molecule has 0 saturated carbocycles. The van der Waals surface area contributed by atoms with Gasteiger partial charge < -0.3 is 0 Å². The zero-order valence-corrected chi connectivity index (χ0v) is 8.64. The first-order chi connectivity index (χ1) is 5.79. The average molecular weight is 167 g/mol. The fraction of sp³-hybridized carbons (Fsp3) is 0.636. The van der Waals surface area contributed by atoms with E-state index in [0.29, 0.717) is 0 Å². The summed E-state index contributed by atoms with van der Waals surface area (Å²) in [5.74, 6) is 0. The Morgan fingerprint density at radius 2 is 2.00 bits per heavy atom. The highest BCUT2D eigenvalue weighted by molar-refractivity contribution is 5.11. The van der Waals surface area contributed by atoms with Crippen molar-refractivity contribution >= 4 is 0 Å². The minimum absolute atomic E-state index is 1.10. The second kappa shape index (κ2) is 7.11. The van der Waals surface area contributed by atoms with Gasteiger partial charge in [0.2, 0.25) is 0 Å². The van der Waals surface area contributed by atoms with Crippen LogP contribution in [0.5, 0.6) is 0 Å². The molecule has 1 heteroatoms. The molecule has 0 bridgehead atoms. The number of likely N-dealkylation sites (tertiary alicyclic amines) is 1. The van der Waals surface area contributed by atoms with Crippen molar-refractivity contribution in [3.8, 4) is 0 Å². The highest BCUT2D eigenvalue weighted by atomic mass is 15.2. The largest absolute Gasteiger partial charge is 0.300 e. The average Bonchev–Trinajstić information content (AvgIpc) is 1.98. The van der Waals surface area contributed by atoms with Crippen LogP contribution in [0.2, 0.25) is 0 Å². The third-order valence-corrected chi connectivity index (χ3v) is 1.71. The summed E-state index contributed by atoms with van der Waals surface area (Å²) in [5, 5.41) is 0. The van der Waals surface area contributed by atoms with Crippen LogP contribution in [0.15, 0.2) is 24.3 Å². The fourth-order valence-electron chi connectivity index (χ4n) is 0.967. The molecule has 12 heavy (non-hydrogen) atoms. The van der Waals surface area contributed by atoms with Gasteiger partial charge in [-0.25, -0.2) is 0 Å². The van der Waals surface area contributed by atoms with Gasteiger partial charge in [0.25, 0.3) is 0 Å². The van der Waals surface area contributed by atoms with Crippen LogP contribution >= 0.6 is 0 Å². The molecular weight excluding hydrogens is 146 g/mol. The molecule has 1 aliphatic rings. The van der Waals surface area contributed by atoms with Gasteiger partial charge in [-0.1, -0.05) is 38.2 Å². The molecule has 0 spiro atoms. The lowest BCUT2D eigenvalue weighted by molar-refractivity contribution is 0.203. The topological polar surface area (TPSA) is 3.24 Å². The standard InChI is InChI=1S/C9H15N.C2H6/c1-9(2)5-3-6-10-7-4-8-10;1-2/h3,5H,1,4,6-8H2,2H3;1-2H3/b5-3+;. The maximum atomic E-state index is 3.79. The Labute approximate surface area is 76.8 Å². The Morgan fingerprint density at radius 3 is 2.33 bits per heavy atom. The lowest BCUT2D eigenvalue weighted by Crippen LogP contribution is -2.36. The van der Waals surface area contributed by atoms with Crippen molar-refractivity contribution in [3.63, 3.8) is 0 Å². The van der Waals surface area contributed by atoms with Crippen molar-refractivity contribution in [2.45, 2.75) is 27.2 Å². The highest BCUT2D eigenvalue weighted by Crippen LogP contribution is 2.04. The summed E-state index contributed by atoms with van der Waals surface area (Å²) in [5.41, 5.74) is 1.14. The van der Waals surface area contributed by atoms with Crippen LogP contribution in [0.25, 0.3) is 0 Å². The van der Waals surface area contributed by atoms with E-state index in [1.165, 1.54) is 19.5 Å². The van der Waals surface area contributed by atoms with Gasteiger partial charge in [0.05, 0.1) is 0 Å². The molecule has 0 aromatic heterocycles. The second-order valence-electron chi connectivity index (χ2n) is 2.90. The summed E-state index contributed by atoms with van der Waals surface area (Å²) in [4.78, 5) is 2.42. The molecule has 1 aliphatic heterocycles. The van der Waals surface area contributed by atoms with Crippen molar-refractivity contribution < 1.29 is 0 Å². The monoisotopic (exact) mass is 167 g/mol. The first-order valence-electron chi connectivity index (χ1n) is 4.83. The summed E-state index contributed by atoms with van der Waals surface area (Å²) >= 11 is 0. The van der Waals surface area contributed by atoms with Gasteiger partial charge in [0.15, 0.2) is 0 Å². The van der Waals surface area contributed by atoms with Crippen molar-refractivity contribution in [1.29, 1.82) is 0 Å². The Balaban J connectivity index is 0.000000561. The molecule has 0 atom stereocenters. The summed E-state index contributed by atoms with van der Waals surface area (Å²) < 4.78 is 0. The molecule has 0 radical (unpaired) electrons. The summed E-state index contributed by atoms with van der Waals surface area (Å²) in [6.07, 6.45) is 5.64. The maximum absolute atomic E-state index is 3.79. The van der Waals surface area contributed by atoms with E-state index in [0.717, 1.165) is 12.1 Å². The van der Waals surface area contributed by atoms with Crippen LogP contribution in [-0.2, 0) is 0 Å². The first-order valence-corrected chi connectivity index (χ1v) is 4.83. The van der Waals surface area contributed by atoms with Crippen molar-refractivity contribution in [1.82, 2.24) is 4.90 Å². The van der Waals surface area contributed by atoms with E-state index >= 15 is 0 Å². The van der Waals surface area contributed by atoms with Crippen LogP contribution in [0.1, 0.15) is 27.2 Å². The van der Waals surface area contributed by atoms with Gasteiger partial charge in [-0.15, -0.1) is 0 Å². The van der Waals surface area contributed by atoms with Crippen molar-refractivity contribution in [3.05, 3.63) is 24.3 Å². The van der Waals surface area contributed by atoms with Gasteiger partial charge in [0.1, 0.15) is 0 Å². The van der Waals surface area contributed by atoms with E-state index in [2.05, 4.69) is 23.6 Å². The van der Waals surface area contributed by atoms with E-state index in [1.807, 2.05) is 20.8 Å². The molecular formula is C11H21N. The second-order valence-corrected chi connectivity index (χ2v) is 2.90. The number of allylic oxidation sites excluding steroid dienone is 2. The molecule has 0 amide bonds. The Bertz CT molecular complexity index is 143. The maximum Gasteiger partial charge on any atom is 0.0166 e. The zero-order valence-electron chi connectivity index (χ0n) is 8.64. The lowest BCUT2D eigenvalue weighted by Gasteiger charge is -2.29. The summed E-state index contributed by atoms with van der Waals surface area (Å²) in [7, 11) is 0. The van der Waals surface area contributed by atoms with E-state index in [-0.39, 0.29) is 0 Å². The van der Waals surface area contributed by atoms with E-state index in [9.17, 15) is 0 Å². The number of hydrogen-bond donors (Lipinski definition) is 0. The number of nitrogens with zero attached hydrogens (tertiary/aromatic N) is 1. The molecule has 0 unspecified atom stereocenters. The fourth-order valence-corrected chi connectivity index (χ4v) is 0.967. The summed E-state index contributed by atoms with van der Waals surface area (Å²) in [6, 6.07) is 0. The number of rotatable bonds is 3. The molecule has 1 heterocycles. The number of hydrogen-bond acceptors (Lipinski definition) is 1. The Hall–Kier alpha value is -0.560. The molecule has 1 saturated heterocycles. The van der Waals surface area contributed by atoms with Crippen LogP contribution in [0, 0.1) is 0 Å².